The molecule has 2 fully saturated rings. The molecule has 270 valence electrons. The summed E-state index contributed by atoms with van der Waals surface area (Å²) in [5.41, 5.74) is -3.27. The highest BCUT2D eigenvalue weighted by Gasteiger charge is 2.39. The molecule has 2 saturated heterocycles. The third-order valence-corrected chi connectivity index (χ3v) is 9.78. The molecule has 1 amide bonds. The van der Waals surface area contributed by atoms with Gasteiger partial charge in [-0.1, -0.05) is 5.21 Å². The molecule has 2 aromatic carbocycles. The van der Waals surface area contributed by atoms with Gasteiger partial charge in [0.05, 0.1) is 17.1 Å². The molecule has 2 atom stereocenters. The van der Waals surface area contributed by atoms with Crippen molar-refractivity contribution in [2.45, 2.75) is 83.3 Å². The lowest BCUT2D eigenvalue weighted by Gasteiger charge is -2.33. The van der Waals surface area contributed by atoms with E-state index in [-0.39, 0.29) is 50.3 Å². The van der Waals surface area contributed by atoms with Gasteiger partial charge in [0.1, 0.15) is 28.6 Å². The maximum atomic E-state index is 17.1. The van der Waals surface area contributed by atoms with Crippen LogP contribution in [0.3, 0.4) is 0 Å². The van der Waals surface area contributed by atoms with Crippen molar-refractivity contribution in [1.29, 1.82) is 0 Å². The highest BCUT2D eigenvalue weighted by atomic mass is 19.4. The number of nitrogens with zero attached hydrogens (tertiary/aromatic N) is 7. The van der Waals surface area contributed by atoms with E-state index in [4.69, 9.17) is 9.47 Å². The van der Waals surface area contributed by atoms with Gasteiger partial charge in [0.15, 0.2) is 11.3 Å². The van der Waals surface area contributed by atoms with Gasteiger partial charge in [-0.05, 0) is 97.3 Å². The van der Waals surface area contributed by atoms with E-state index in [9.17, 15) is 9.18 Å². The zero-order valence-corrected chi connectivity index (χ0v) is 28.9. The maximum absolute atomic E-state index is 17.1. The van der Waals surface area contributed by atoms with E-state index < -0.39 is 52.8 Å². The van der Waals surface area contributed by atoms with Gasteiger partial charge in [0.2, 0.25) is 5.88 Å². The number of ether oxygens (including phenoxy) is 2. The number of benzene rings is 2. The molecule has 5 aromatic rings. The van der Waals surface area contributed by atoms with Gasteiger partial charge in [-0.25, -0.2) is 23.2 Å². The number of carbonyl (C=O) groups excluding carboxylic acids is 1. The van der Waals surface area contributed by atoms with E-state index in [1.165, 1.54) is 23.0 Å². The van der Waals surface area contributed by atoms with Crippen molar-refractivity contribution in [3.8, 4) is 17.0 Å². The quantitative estimate of drug-likeness (QED) is 0.170. The Morgan fingerprint density at radius 1 is 0.980 bits per heavy atom. The monoisotopic (exact) mass is 711 g/mol. The Labute approximate surface area is 290 Å². The van der Waals surface area contributed by atoms with Gasteiger partial charge < -0.3 is 14.4 Å². The summed E-state index contributed by atoms with van der Waals surface area (Å²) >= 11 is 0. The largest absolute Gasteiger partial charge is 0.471 e. The molecular weight excluding hydrogens is 673 g/mol. The number of halogens is 5. The molecule has 5 heterocycles. The topological polar surface area (TPSA) is 98.5 Å². The van der Waals surface area contributed by atoms with E-state index in [1.807, 2.05) is 14.0 Å². The first-order valence-corrected chi connectivity index (χ1v) is 17.0. The van der Waals surface area contributed by atoms with Crippen molar-refractivity contribution in [2.75, 3.05) is 26.7 Å². The van der Waals surface area contributed by atoms with Gasteiger partial charge in [0, 0.05) is 47.2 Å². The average molecular weight is 712 g/mol. The number of amides is 1. The second-order valence-corrected chi connectivity index (χ2v) is 14.4. The number of rotatable bonds is 5. The fourth-order valence-electron chi connectivity index (χ4n) is 7.34. The van der Waals surface area contributed by atoms with Crippen LogP contribution in [0.25, 0.3) is 44.0 Å². The van der Waals surface area contributed by atoms with Crippen LogP contribution in [0.2, 0.25) is 0 Å². The predicted octanol–water partition coefficient (Wildman–Crippen LogP) is 7.93. The Bertz CT molecular complexity index is 2140. The molecule has 51 heavy (non-hydrogen) atoms. The van der Waals surface area contributed by atoms with Crippen LogP contribution in [0.1, 0.15) is 65.0 Å². The van der Waals surface area contributed by atoms with Crippen LogP contribution in [0.4, 0.5) is 26.7 Å². The van der Waals surface area contributed by atoms with Crippen molar-refractivity contribution in [3.05, 3.63) is 53.7 Å². The lowest BCUT2D eigenvalue weighted by Crippen LogP contribution is -2.42. The van der Waals surface area contributed by atoms with Crippen molar-refractivity contribution < 1.29 is 36.2 Å². The van der Waals surface area contributed by atoms with E-state index in [0.717, 1.165) is 37.6 Å². The fourth-order valence-corrected chi connectivity index (χ4v) is 7.34. The van der Waals surface area contributed by atoms with Crippen LogP contribution >= 0.6 is 0 Å². The van der Waals surface area contributed by atoms with E-state index in [2.05, 4.69) is 25.2 Å². The van der Waals surface area contributed by atoms with Crippen molar-refractivity contribution >= 4 is 38.9 Å². The minimum Gasteiger partial charge on any atom is -0.471 e. The van der Waals surface area contributed by atoms with Crippen molar-refractivity contribution in [1.82, 2.24) is 34.8 Å². The number of alkyl halides is 3. The standard InChI is InChI=1S/C36H38F5N7O3/c1-19(26-9-7-15-46(26)5)50-33-31-32(48(45-44-31)20-12-16-47(17-13-20)34(49)51-35(2,3)4)23-18-24(36(39,40)41)27(28(38)30(23)43-33)22-10-11-25(37)21-8-6-14-42-29(21)22/h6,8,10-11,14,18-20,26H,7,9,12-13,15-17H2,1-5H3/t19-,26-/m0/s1. The molecule has 7 rings (SSSR count). The van der Waals surface area contributed by atoms with E-state index >= 15 is 17.6 Å². The normalized spacial score (nSPS) is 18.6. The highest BCUT2D eigenvalue weighted by molar-refractivity contribution is 6.07. The second kappa shape index (κ2) is 12.8. The molecule has 0 N–H and O–H groups in total. The van der Waals surface area contributed by atoms with Crippen LogP contribution in [-0.4, -0.2) is 85.3 Å². The summed E-state index contributed by atoms with van der Waals surface area (Å²) in [6.45, 7) is 8.67. The first kappa shape index (κ1) is 34.8. The lowest BCUT2D eigenvalue weighted by molar-refractivity contribution is -0.137. The van der Waals surface area contributed by atoms with Crippen LogP contribution in [-0.2, 0) is 10.9 Å². The summed E-state index contributed by atoms with van der Waals surface area (Å²) in [5.74, 6) is -2.02. The summed E-state index contributed by atoms with van der Waals surface area (Å²) in [6, 6.07) is 5.41. The lowest BCUT2D eigenvalue weighted by atomic mass is 9.93. The van der Waals surface area contributed by atoms with Gasteiger partial charge in [-0.3, -0.25) is 9.88 Å². The van der Waals surface area contributed by atoms with Crippen molar-refractivity contribution in [2.24, 2.45) is 0 Å². The number of likely N-dealkylation sites (N-methyl/N-ethyl adjacent to an activating group) is 1. The molecule has 0 saturated carbocycles. The Hall–Kier alpha value is -4.66. The Kier molecular flexibility index (Phi) is 8.75. The number of likely N-dealkylation sites (tertiary alicyclic amines) is 2. The van der Waals surface area contributed by atoms with Crippen LogP contribution in [0.5, 0.6) is 5.88 Å². The second-order valence-electron chi connectivity index (χ2n) is 14.4. The molecular formula is C36H38F5N7O3. The first-order chi connectivity index (χ1) is 24.1. The summed E-state index contributed by atoms with van der Waals surface area (Å²) in [5, 5.41) is 8.52. The number of carbonyl (C=O) groups is 1. The summed E-state index contributed by atoms with van der Waals surface area (Å²) < 4.78 is 90.3. The molecule has 10 nitrogen and oxygen atoms in total. The third kappa shape index (κ3) is 6.40. The first-order valence-electron chi connectivity index (χ1n) is 17.0. The number of fused-ring (bicyclic) bond motifs is 4. The van der Waals surface area contributed by atoms with Crippen molar-refractivity contribution in [3.63, 3.8) is 0 Å². The van der Waals surface area contributed by atoms with Gasteiger partial charge in [0.25, 0.3) is 0 Å². The molecule has 0 spiro atoms. The molecule has 2 aliphatic rings. The van der Waals surface area contributed by atoms with Gasteiger partial charge in [-0.15, -0.1) is 5.10 Å². The van der Waals surface area contributed by atoms with Crippen LogP contribution in [0, 0.1) is 11.6 Å². The van der Waals surface area contributed by atoms with Gasteiger partial charge in [-0.2, -0.15) is 13.2 Å². The molecule has 3 aromatic heterocycles. The number of pyridine rings is 2. The zero-order chi connectivity index (χ0) is 36.4. The van der Waals surface area contributed by atoms with E-state index in [1.54, 1.807) is 25.7 Å². The summed E-state index contributed by atoms with van der Waals surface area (Å²) in [6.07, 6.45) is -2.00. The minimum absolute atomic E-state index is 0.0226. The number of piperidine rings is 1. The van der Waals surface area contributed by atoms with Crippen LogP contribution < -0.4 is 4.74 Å². The average Bonchev–Trinajstić information content (AvgIpc) is 3.72. The molecule has 0 unspecified atom stereocenters. The Balaban J connectivity index is 1.42. The smallest absolute Gasteiger partial charge is 0.417 e. The SMILES string of the molecule is C[C@H](Oc1nc2c(F)c(-c3ccc(F)c4cccnc34)c(C(F)(F)F)cc2c2c1nnn2C1CCN(C(=O)OC(C)(C)C)CC1)[C@@H]1CCCN1C. The molecule has 15 heteroatoms. The molecule has 0 radical (unpaired) electrons. The predicted molar refractivity (Wildman–Crippen MR) is 180 cm³/mol. The zero-order valence-electron chi connectivity index (χ0n) is 28.9. The summed E-state index contributed by atoms with van der Waals surface area (Å²) in [4.78, 5) is 25.1. The van der Waals surface area contributed by atoms with Crippen LogP contribution in [0.15, 0.2) is 36.5 Å². The number of hydrogen-bond donors (Lipinski definition) is 0. The molecule has 0 aliphatic carbocycles. The number of hydrogen-bond acceptors (Lipinski definition) is 8. The van der Waals surface area contributed by atoms with Gasteiger partial charge >= 0.3 is 12.3 Å². The Morgan fingerprint density at radius 3 is 2.39 bits per heavy atom. The minimum atomic E-state index is -5.03. The highest BCUT2D eigenvalue weighted by Crippen LogP contribution is 2.46. The number of aromatic nitrogens is 5. The maximum Gasteiger partial charge on any atom is 0.417 e. The molecule has 2 aliphatic heterocycles. The third-order valence-electron chi connectivity index (χ3n) is 9.78. The summed E-state index contributed by atoms with van der Waals surface area (Å²) in [7, 11) is 1.98. The fraction of sp³-hybridized carbons (Fsp3) is 0.472. The Morgan fingerprint density at radius 2 is 1.73 bits per heavy atom. The van der Waals surface area contributed by atoms with E-state index in [0.29, 0.717) is 25.9 Å². The molecule has 0 bridgehead atoms.